The lowest BCUT2D eigenvalue weighted by Crippen LogP contribution is -2.49. The van der Waals surface area contributed by atoms with E-state index in [-0.39, 0.29) is 17.9 Å². The molecule has 1 N–H and O–H groups in total. The minimum absolute atomic E-state index is 0.0827. The Morgan fingerprint density at radius 1 is 1.28 bits per heavy atom. The maximum Gasteiger partial charge on any atom is 0.249 e. The molecule has 0 unspecified atom stereocenters. The van der Waals surface area contributed by atoms with E-state index in [9.17, 15) is 9.59 Å². The molecule has 1 aromatic carbocycles. The Kier molecular flexibility index (Phi) is 7.25. The molecule has 0 aromatic heterocycles. The highest BCUT2D eigenvalue weighted by Crippen LogP contribution is 2.20. The van der Waals surface area contributed by atoms with E-state index in [0.717, 1.165) is 24.2 Å². The molecule has 6 nitrogen and oxygen atoms in total. The lowest BCUT2D eigenvalue weighted by molar-refractivity contribution is -0.133. The van der Waals surface area contributed by atoms with Crippen molar-refractivity contribution >= 4 is 11.8 Å². The van der Waals surface area contributed by atoms with Gasteiger partial charge in [0, 0.05) is 31.3 Å². The Morgan fingerprint density at radius 2 is 1.96 bits per heavy atom. The number of hydrogen-bond acceptors (Lipinski definition) is 4. The number of nitrogens with zero attached hydrogens (tertiary/aromatic N) is 1. The number of likely N-dealkylation sites (tertiary alicyclic amines) is 1. The van der Waals surface area contributed by atoms with Crippen LogP contribution in [0.3, 0.4) is 0 Å². The molecule has 138 valence electrons. The molecule has 1 atom stereocenters. The van der Waals surface area contributed by atoms with Gasteiger partial charge in [-0.05, 0) is 32.8 Å². The monoisotopic (exact) mass is 348 g/mol. The van der Waals surface area contributed by atoms with Crippen molar-refractivity contribution in [2.75, 3.05) is 26.8 Å². The van der Waals surface area contributed by atoms with Gasteiger partial charge in [-0.1, -0.05) is 18.2 Å². The normalized spacial score (nSPS) is 16.4. The number of benzene rings is 1. The van der Waals surface area contributed by atoms with Crippen LogP contribution in [0.5, 0.6) is 5.75 Å². The zero-order chi connectivity index (χ0) is 18.2. The van der Waals surface area contributed by atoms with E-state index in [1.807, 2.05) is 36.1 Å². The van der Waals surface area contributed by atoms with Crippen LogP contribution < -0.4 is 10.1 Å². The zero-order valence-corrected chi connectivity index (χ0v) is 15.3. The van der Waals surface area contributed by atoms with Gasteiger partial charge in [0.1, 0.15) is 11.9 Å². The molecule has 1 aliphatic rings. The number of rotatable bonds is 7. The SMILES string of the molecule is CCO[C@@H](C)C(=O)NC1CCN(C(=O)Cc2ccccc2OC)CC1. The van der Waals surface area contributed by atoms with Gasteiger partial charge in [0.05, 0.1) is 13.5 Å². The van der Waals surface area contributed by atoms with Crippen molar-refractivity contribution < 1.29 is 19.1 Å². The first kappa shape index (κ1) is 19.2. The number of piperidine rings is 1. The topological polar surface area (TPSA) is 67.9 Å². The zero-order valence-electron chi connectivity index (χ0n) is 15.3. The van der Waals surface area contributed by atoms with Crippen molar-refractivity contribution in [2.45, 2.75) is 45.3 Å². The molecule has 0 bridgehead atoms. The predicted octanol–water partition coefficient (Wildman–Crippen LogP) is 1.77. The van der Waals surface area contributed by atoms with Gasteiger partial charge < -0.3 is 19.7 Å². The summed E-state index contributed by atoms with van der Waals surface area (Å²) in [7, 11) is 1.61. The van der Waals surface area contributed by atoms with Crippen LogP contribution in [0.15, 0.2) is 24.3 Å². The smallest absolute Gasteiger partial charge is 0.249 e. The van der Waals surface area contributed by atoms with Gasteiger partial charge in [-0.15, -0.1) is 0 Å². The first-order valence-corrected chi connectivity index (χ1v) is 8.86. The number of hydrogen-bond donors (Lipinski definition) is 1. The van der Waals surface area contributed by atoms with E-state index in [4.69, 9.17) is 9.47 Å². The van der Waals surface area contributed by atoms with Crippen molar-refractivity contribution in [2.24, 2.45) is 0 Å². The summed E-state index contributed by atoms with van der Waals surface area (Å²) in [5.74, 6) is 0.750. The maximum absolute atomic E-state index is 12.5. The van der Waals surface area contributed by atoms with Crippen molar-refractivity contribution in [1.29, 1.82) is 0 Å². The Morgan fingerprint density at radius 3 is 2.60 bits per heavy atom. The van der Waals surface area contributed by atoms with E-state index in [1.54, 1.807) is 14.0 Å². The Hall–Kier alpha value is -2.08. The van der Waals surface area contributed by atoms with Crippen LogP contribution in [0.2, 0.25) is 0 Å². The fourth-order valence-electron chi connectivity index (χ4n) is 3.04. The van der Waals surface area contributed by atoms with Crippen molar-refractivity contribution in [3.8, 4) is 5.75 Å². The van der Waals surface area contributed by atoms with Crippen molar-refractivity contribution in [3.05, 3.63) is 29.8 Å². The van der Waals surface area contributed by atoms with Crippen LogP contribution in [0.1, 0.15) is 32.3 Å². The van der Waals surface area contributed by atoms with Crippen molar-refractivity contribution in [1.82, 2.24) is 10.2 Å². The standard InChI is InChI=1S/C19H28N2O4/c1-4-25-14(2)19(23)20-16-9-11-21(12-10-16)18(22)13-15-7-5-6-8-17(15)24-3/h5-8,14,16H,4,9-13H2,1-3H3,(H,20,23)/t14-/m0/s1. The highest BCUT2D eigenvalue weighted by Gasteiger charge is 2.25. The Bertz CT molecular complexity index is 583. The quantitative estimate of drug-likeness (QED) is 0.815. The number of carbonyl (C=O) groups excluding carboxylic acids is 2. The van der Waals surface area contributed by atoms with E-state index in [2.05, 4.69) is 5.32 Å². The van der Waals surface area contributed by atoms with Gasteiger partial charge in [0.2, 0.25) is 11.8 Å². The third-order valence-electron chi connectivity index (χ3n) is 4.51. The van der Waals surface area contributed by atoms with E-state index in [1.165, 1.54) is 0 Å². The van der Waals surface area contributed by atoms with Crippen LogP contribution in [0.4, 0.5) is 0 Å². The summed E-state index contributed by atoms with van der Waals surface area (Å²) in [6.07, 6.45) is 1.43. The average molecular weight is 348 g/mol. The molecule has 6 heteroatoms. The summed E-state index contributed by atoms with van der Waals surface area (Å²) in [5, 5.41) is 3.01. The summed E-state index contributed by atoms with van der Waals surface area (Å²) in [5.41, 5.74) is 0.899. The summed E-state index contributed by atoms with van der Waals surface area (Å²) < 4.78 is 10.6. The van der Waals surface area contributed by atoms with Crippen LogP contribution >= 0.6 is 0 Å². The fourth-order valence-corrected chi connectivity index (χ4v) is 3.04. The van der Waals surface area contributed by atoms with E-state index >= 15 is 0 Å². The van der Waals surface area contributed by atoms with Gasteiger partial charge in [-0.2, -0.15) is 0 Å². The molecule has 1 aliphatic heterocycles. The van der Waals surface area contributed by atoms with Crippen LogP contribution in [0, 0.1) is 0 Å². The van der Waals surface area contributed by atoms with Gasteiger partial charge in [0.15, 0.2) is 0 Å². The third-order valence-corrected chi connectivity index (χ3v) is 4.51. The predicted molar refractivity (Wildman–Crippen MR) is 95.5 cm³/mol. The number of nitrogens with one attached hydrogen (secondary N) is 1. The number of ether oxygens (including phenoxy) is 2. The van der Waals surface area contributed by atoms with Crippen LogP contribution in [0.25, 0.3) is 0 Å². The van der Waals surface area contributed by atoms with E-state index < -0.39 is 6.10 Å². The molecule has 0 aliphatic carbocycles. The molecular weight excluding hydrogens is 320 g/mol. The molecule has 1 saturated heterocycles. The fraction of sp³-hybridized carbons (Fsp3) is 0.579. The average Bonchev–Trinajstić information content (AvgIpc) is 2.63. The van der Waals surface area contributed by atoms with Gasteiger partial charge in [-0.25, -0.2) is 0 Å². The van der Waals surface area contributed by atoms with Gasteiger partial charge in [-0.3, -0.25) is 9.59 Å². The molecule has 25 heavy (non-hydrogen) atoms. The first-order valence-electron chi connectivity index (χ1n) is 8.86. The van der Waals surface area contributed by atoms with Crippen molar-refractivity contribution in [3.63, 3.8) is 0 Å². The summed E-state index contributed by atoms with van der Waals surface area (Å²) in [6.45, 7) is 5.45. The lowest BCUT2D eigenvalue weighted by Gasteiger charge is -2.33. The summed E-state index contributed by atoms with van der Waals surface area (Å²) in [6, 6.07) is 7.69. The van der Waals surface area contributed by atoms with Gasteiger partial charge >= 0.3 is 0 Å². The number of carbonyl (C=O) groups is 2. The molecule has 1 heterocycles. The molecule has 2 amide bonds. The molecule has 1 fully saturated rings. The Balaban J connectivity index is 1.81. The Labute approximate surface area is 149 Å². The molecule has 2 rings (SSSR count). The minimum Gasteiger partial charge on any atom is -0.496 e. The summed E-state index contributed by atoms with van der Waals surface area (Å²) in [4.78, 5) is 26.4. The number of amides is 2. The van der Waals surface area contributed by atoms with Crippen LogP contribution in [-0.4, -0.2) is 55.7 Å². The number of para-hydroxylation sites is 1. The molecular formula is C19H28N2O4. The number of methoxy groups -OCH3 is 1. The van der Waals surface area contributed by atoms with E-state index in [0.29, 0.717) is 26.1 Å². The molecule has 1 aromatic rings. The summed E-state index contributed by atoms with van der Waals surface area (Å²) >= 11 is 0. The second-order valence-electron chi connectivity index (χ2n) is 6.25. The second kappa shape index (κ2) is 9.42. The minimum atomic E-state index is -0.435. The maximum atomic E-state index is 12.5. The third kappa shape index (κ3) is 5.46. The largest absolute Gasteiger partial charge is 0.496 e. The highest BCUT2D eigenvalue weighted by atomic mass is 16.5. The molecule has 0 radical (unpaired) electrons. The second-order valence-corrected chi connectivity index (χ2v) is 6.25. The first-order chi connectivity index (χ1) is 12.0. The van der Waals surface area contributed by atoms with Crippen LogP contribution in [-0.2, 0) is 20.7 Å². The lowest BCUT2D eigenvalue weighted by atomic mass is 10.0. The molecule has 0 saturated carbocycles. The molecule has 0 spiro atoms. The van der Waals surface area contributed by atoms with Gasteiger partial charge in [0.25, 0.3) is 0 Å². The highest BCUT2D eigenvalue weighted by molar-refractivity contribution is 5.81.